The van der Waals surface area contributed by atoms with Gasteiger partial charge in [0, 0.05) is 11.8 Å². The molecule has 0 amide bonds. The number of carbonyl (C=O) groups excluding carboxylic acids is 1. The summed E-state index contributed by atoms with van der Waals surface area (Å²) in [5.74, 6) is 0.275. The Bertz CT molecular complexity index is 696. The van der Waals surface area contributed by atoms with Crippen molar-refractivity contribution in [3.05, 3.63) is 78.4 Å². The lowest BCUT2D eigenvalue weighted by molar-refractivity contribution is -0.144. The third-order valence-corrected chi connectivity index (χ3v) is 5.99. The molecule has 2 aromatic carbocycles. The van der Waals surface area contributed by atoms with Gasteiger partial charge < -0.3 is 4.74 Å². The molecule has 3 rings (SSSR count). The summed E-state index contributed by atoms with van der Waals surface area (Å²) in [5.41, 5.74) is 1.37. The maximum atomic E-state index is 11.5. The van der Waals surface area contributed by atoms with E-state index in [0.717, 1.165) is 19.3 Å². The van der Waals surface area contributed by atoms with Gasteiger partial charge in [0.2, 0.25) is 0 Å². The van der Waals surface area contributed by atoms with E-state index in [9.17, 15) is 4.79 Å². The molecule has 0 radical (unpaired) electrons. The average molecular weight is 352 g/mol. The van der Waals surface area contributed by atoms with Crippen molar-refractivity contribution < 1.29 is 9.53 Å². The normalized spacial score (nSPS) is 22.5. The summed E-state index contributed by atoms with van der Waals surface area (Å²) < 4.78 is 5.61. The van der Waals surface area contributed by atoms with Crippen molar-refractivity contribution in [3.63, 3.8) is 0 Å². The summed E-state index contributed by atoms with van der Waals surface area (Å²) in [6, 6.07) is 21.0. The number of hydrogen-bond donors (Lipinski definition) is 0. The third kappa shape index (κ3) is 5.23. The lowest BCUT2D eigenvalue weighted by Gasteiger charge is -2.34. The molecule has 0 heterocycles. The Balaban J connectivity index is 1.73. The van der Waals surface area contributed by atoms with Crippen molar-refractivity contribution in [2.75, 3.05) is 0 Å². The zero-order valence-corrected chi connectivity index (χ0v) is 15.3. The highest BCUT2D eigenvalue weighted by molar-refractivity contribution is 8.00. The van der Waals surface area contributed by atoms with Gasteiger partial charge in [-0.05, 0) is 49.0 Å². The van der Waals surface area contributed by atoms with Gasteiger partial charge in [-0.1, -0.05) is 54.6 Å². The van der Waals surface area contributed by atoms with Gasteiger partial charge in [-0.15, -0.1) is 11.8 Å². The van der Waals surface area contributed by atoms with E-state index in [-0.39, 0.29) is 17.3 Å². The molecule has 130 valence electrons. The topological polar surface area (TPSA) is 26.3 Å². The Kier molecular flexibility index (Phi) is 6.35. The number of hydrogen-bond acceptors (Lipinski definition) is 3. The Labute approximate surface area is 154 Å². The van der Waals surface area contributed by atoms with Crippen LogP contribution in [0.2, 0.25) is 0 Å². The van der Waals surface area contributed by atoms with Crippen LogP contribution >= 0.6 is 11.8 Å². The fourth-order valence-electron chi connectivity index (χ4n) is 3.30. The van der Waals surface area contributed by atoms with Crippen LogP contribution in [0.1, 0.15) is 25.3 Å². The van der Waals surface area contributed by atoms with Gasteiger partial charge in [-0.2, -0.15) is 0 Å². The molecule has 0 bridgehead atoms. The van der Waals surface area contributed by atoms with Crippen molar-refractivity contribution in [2.24, 2.45) is 5.92 Å². The number of rotatable bonds is 6. The van der Waals surface area contributed by atoms with E-state index < -0.39 is 0 Å². The smallest absolute Gasteiger partial charge is 0.303 e. The largest absolute Gasteiger partial charge is 0.457 e. The first kappa shape index (κ1) is 17.8. The van der Waals surface area contributed by atoms with Crippen molar-refractivity contribution in [1.82, 2.24) is 0 Å². The first-order chi connectivity index (χ1) is 12.2. The van der Waals surface area contributed by atoms with Crippen LogP contribution in [0.3, 0.4) is 0 Å². The fraction of sp³-hybridized carbons (Fsp3) is 0.318. The van der Waals surface area contributed by atoms with Crippen LogP contribution in [0.25, 0.3) is 0 Å². The van der Waals surface area contributed by atoms with E-state index >= 15 is 0 Å². The molecule has 0 saturated heterocycles. The van der Waals surface area contributed by atoms with Crippen molar-refractivity contribution in [3.8, 4) is 0 Å². The van der Waals surface area contributed by atoms with Gasteiger partial charge in [-0.25, -0.2) is 0 Å². The first-order valence-corrected chi connectivity index (χ1v) is 9.70. The number of ether oxygens (including phenoxy) is 1. The number of allylic oxidation sites excluding steroid dienone is 1. The molecule has 0 unspecified atom stereocenters. The summed E-state index contributed by atoms with van der Waals surface area (Å²) in [6.45, 7) is 1.49. The molecule has 3 atom stereocenters. The number of thioether (sulfide) groups is 1. The van der Waals surface area contributed by atoms with Crippen LogP contribution < -0.4 is 0 Å². The molecule has 1 aliphatic carbocycles. The second-order valence-electron chi connectivity index (χ2n) is 6.42. The van der Waals surface area contributed by atoms with Gasteiger partial charge in [0.25, 0.3) is 0 Å². The molecular formula is C22H24O2S. The Morgan fingerprint density at radius 3 is 2.44 bits per heavy atom. The van der Waals surface area contributed by atoms with E-state index in [1.165, 1.54) is 17.4 Å². The minimum Gasteiger partial charge on any atom is -0.457 e. The monoisotopic (exact) mass is 352 g/mol. The number of aryl methyl sites for hydroxylation is 1. The van der Waals surface area contributed by atoms with Gasteiger partial charge in [-0.3, -0.25) is 4.79 Å². The molecule has 0 saturated carbocycles. The molecule has 0 aliphatic heterocycles. The van der Waals surface area contributed by atoms with E-state index in [0.29, 0.717) is 5.92 Å². The van der Waals surface area contributed by atoms with Gasteiger partial charge >= 0.3 is 5.97 Å². The predicted octanol–water partition coefficient (Wildman–Crippen LogP) is 5.29. The molecule has 3 heteroatoms. The average Bonchev–Trinajstić information content (AvgIpc) is 2.63. The van der Waals surface area contributed by atoms with E-state index in [1.807, 2.05) is 17.8 Å². The SMILES string of the molecule is CC(=O)O[C@H]1C=CC[C@H](CCc2ccccc2)[C@H]1Sc1ccccc1. The van der Waals surface area contributed by atoms with Crippen molar-refractivity contribution in [2.45, 2.75) is 42.4 Å². The summed E-state index contributed by atoms with van der Waals surface area (Å²) in [7, 11) is 0. The summed E-state index contributed by atoms with van der Waals surface area (Å²) in [6.07, 6.45) is 7.26. The third-order valence-electron chi connectivity index (χ3n) is 4.52. The second kappa shape index (κ2) is 8.91. The van der Waals surface area contributed by atoms with E-state index in [2.05, 4.69) is 66.7 Å². The van der Waals surface area contributed by atoms with Crippen LogP contribution in [-0.2, 0) is 16.0 Å². The molecule has 0 fully saturated rings. The van der Waals surface area contributed by atoms with Crippen LogP contribution in [0.15, 0.2) is 77.7 Å². The Morgan fingerprint density at radius 1 is 1.08 bits per heavy atom. The first-order valence-electron chi connectivity index (χ1n) is 8.82. The summed E-state index contributed by atoms with van der Waals surface area (Å²) in [5, 5.41) is 0.250. The van der Waals surface area contributed by atoms with Gasteiger partial charge in [0.05, 0.1) is 5.25 Å². The maximum absolute atomic E-state index is 11.5. The highest BCUT2D eigenvalue weighted by atomic mass is 32.2. The standard InChI is InChI=1S/C22H24O2S/c1-17(23)24-21-14-8-11-19(16-15-18-9-4-2-5-10-18)22(21)25-20-12-6-3-7-13-20/h2-10,12-14,19,21-22H,11,15-16H2,1H3/t19-,21+,22-/m1/s1. The second-order valence-corrected chi connectivity index (χ2v) is 7.67. The minimum atomic E-state index is -0.211. The molecule has 2 nitrogen and oxygen atoms in total. The van der Waals surface area contributed by atoms with Crippen molar-refractivity contribution in [1.29, 1.82) is 0 Å². The lowest BCUT2D eigenvalue weighted by atomic mass is 9.87. The van der Waals surface area contributed by atoms with Crippen LogP contribution in [0.5, 0.6) is 0 Å². The molecule has 0 N–H and O–H groups in total. The predicted molar refractivity (Wildman–Crippen MR) is 104 cm³/mol. The lowest BCUT2D eigenvalue weighted by Crippen LogP contribution is -2.35. The highest BCUT2D eigenvalue weighted by Gasteiger charge is 2.33. The maximum Gasteiger partial charge on any atom is 0.303 e. The minimum absolute atomic E-state index is 0.155. The van der Waals surface area contributed by atoms with E-state index in [4.69, 9.17) is 4.74 Å². The molecule has 0 spiro atoms. The number of benzene rings is 2. The van der Waals surface area contributed by atoms with Gasteiger partial charge in [0.1, 0.15) is 6.10 Å². The highest BCUT2D eigenvalue weighted by Crippen LogP contribution is 2.38. The van der Waals surface area contributed by atoms with Crippen LogP contribution in [0.4, 0.5) is 0 Å². The Morgan fingerprint density at radius 2 is 1.76 bits per heavy atom. The zero-order valence-electron chi connectivity index (χ0n) is 14.5. The summed E-state index contributed by atoms with van der Waals surface area (Å²) in [4.78, 5) is 12.8. The number of esters is 1. The summed E-state index contributed by atoms with van der Waals surface area (Å²) >= 11 is 1.83. The molecule has 0 aromatic heterocycles. The number of carbonyl (C=O) groups is 1. The van der Waals surface area contributed by atoms with E-state index in [1.54, 1.807) is 0 Å². The van der Waals surface area contributed by atoms with Crippen LogP contribution in [0, 0.1) is 5.92 Å². The molecule has 2 aromatic rings. The molecule has 1 aliphatic rings. The quantitative estimate of drug-likeness (QED) is 0.522. The zero-order chi connectivity index (χ0) is 17.5. The van der Waals surface area contributed by atoms with Crippen molar-refractivity contribution >= 4 is 17.7 Å². The Hall–Kier alpha value is -2.00. The molecular weight excluding hydrogens is 328 g/mol. The molecule has 25 heavy (non-hydrogen) atoms. The van der Waals surface area contributed by atoms with Crippen LogP contribution in [-0.4, -0.2) is 17.3 Å². The fourth-order valence-corrected chi connectivity index (χ4v) is 4.64. The van der Waals surface area contributed by atoms with Gasteiger partial charge in [0.15, 0.2) is 0 Å².